The molecule has 3 heteroatoms. The molecule has 0 N–H and O–H groups in total. The Hall–Kier alpha value is -0.860. The monoisotopic (exact) mass is 137 g/mol. The molecular formula is C7H11N3. The zero-order valence-corrected chi connectivity index (χ0v) is 6.12. The van der Waals surface area contributed by atoms with Gasteiger partial charge in [0, 0.05) is 12.5 Å². The summed E-state index contributed by atoms with van der Waals surface area (Å²) in [6, 6.07) is 0. The summed E-state index contributed by atoms with van der Waals surface area (Å²) < 4.78 is 1.98. The molecule has 0 bridgehead atoms. The molecule has 10 heavy (non-hydrogen) atoms. The lowest BCUT2D eigenvalue weighted by molar-refractivity contribution is 0.598. The van der Waals surface area contributed by atoms with E-state index in [9.17, 15) is 0 Å². The van der Waals surface area contributed by atoms with Gasteiger partial charge in [0.2, 0.25) is 0 Å². The number of hydrogen-bond donors (Lipinski definition) is 0. The summed E-state index contributed by atoms with van der Waals surface area (Å²) in [6.07, 6.45) is 4.54. The number of hydrogen-bond acceptors (Lipinski definition) is 2. The van der Waals surface area contributed by atoms with Gasteiger partial charge in [0.25, 0.3) is 0 Å². The van der Waals surface area contributed by atoms with Crippen LogP contribution in [0.15, 0.2) is 6.20 Å². The lowest BCUT2D eigenvalue weighted by Gasteiger charge is -1.98. The van der Waals surface area contributed by atoms with E-state index in [1.165, 1.54) is 18.5 Å². The maximum atomic E-state index is 3.96. The first-order valence-electron chi connectivity index (χ1n) is 3.80. The molecule has 0 unspecified atom stereocenters. The second-order valence-corrected chi connectivity index (χ2v) is 2.75. The summed E-state index contributed by atoms with van der Waals surface area (Å²) in [5.74, 6) is 0.773. The zero-order valence-electron chi connectivity index (χ0n) is 6.12. The molecule has 1 fully saturated rings. The average Bonchev–Trinajstić information content (AvgIpc) is 2.69. The van der Waals surface area contributed by atoms with Gasteiger partial charge in [-0.2, -0.15) is 0 Å². The van der Waals surface area contributed by atoms with Gasteiger partial charge in [-0.3, -0.25) is 0 Å². The van der Waals surface area contributed by atoms with Crippen LogP contribution in [0.4, 0.5) is 0 Å². The third kappa shape index (κ3) is 0.818. The van der Waals surface area contributed by atoms with E-state index in [0.717, 1.165) is 12.5 Å². The minimum absolute atomic E-state index is 0.773. The van der Waals surface area contributed by atoms with Gasteiger partial charge in [-0.15, -0.1) is 5.10 Å². The SMILES string of the molecule is CCn1nncc1C1CC1. The first-order chi connectivity index (χ1) is 4.92. The number of nitrogens with zero attached hydrogens (tertiary/aromatic N) is 3. The van der Waals surface area contributed by atoms with Gasteiger partial charge in [0.05, 0.1) is 11.9 Å². The van der Waals surface area contributed by atoms with Crippen LogP contribution in [0.1, 0.15) is 31.4 Å². The standard InChI is InChI=1S/C7H11N3/c1-2-10-7(5-8-9-10)6-3-4-6/h5-6H,2-4H2,1H3. The highest BCUT2D eigenvalue weighted by Crippen LogP contribution is 2.39. The normalized spacial score (nSPS) is 17.7. The smallest absolute Gasteiger partial charge is 0.0728 e. The molecule has 0 aromatic carbocycles. The molecule has 1 aromatic rings. The lowest BCUT2D eigenvalue weighted by Crippen LogP contribution is -2.00. The average molecular weight is 137 g/mol. The van der Waals surface area contributed by atoms with Gasteiger partial charge < -0.3 is 0 Å². The molecule has 3 nitrogen and oxygen atoms in total. The topological polar surface area (TPSA) is 30.7 Å². The Labute approximate surface area is 60.0 Å². The summed E-state index contributed by atoms with van der Waals surface area (Å²) in [5.41, 5.74) is 1.32. The minimum atomic E-state index is 0.773. The summed E-state index contributed by atoms with van der Waals surface area (Å²) in [4.78, 5) is 0. The molecule has 1 heterocycles. The molecule has 0 amide bonds. The molecule has 0 saturated heterocycles. The third-order valence-corrected chi connectivity index (χ3v) is 1.94. The first kappa shape index (κ1) is 5.89. The molecule has 0 atom stereocenters. The predicted molar refractivity (Wildman–Crippen MR) is 37.7 cm³/mol. The van der Waals surface area contributed by atoms with Crippen LogP contribution in [-0.4, -0.2) is 15.0 Å². The van der Waals surface area contributed by atoms with Crippen molar-refractivity contribution in [3.63, 3.8) is 0 Å². The van der Waals surface area contributed by atoms with E-state index in [4.69, 9.17) is 0 Å². The van der Waals surface area contributed by atoms with Crippen LogP contribution in [0.3, 0.4) is 0 Å². The van der Waals surface area contributed by atoms with Crippen LogP contribution in [-0.2, 0) is 6.54 Å². The van der Waals surface area contributed by atoms with Crippen LogP contribution >= 0.6 is 0 Å². The fourth-order valence-corrected chi connectivity index (χ4v) is 1.21. The zero-order chi connectivity index (χ0) is 6.97. The van der Waals surface area contributed by atoms with E-state index in [-0.39, 0.29) is 0 Å². The van der Waals surface area contributed by atoms with Gasteiger partial charge in [-0.1, -0.05) is 5.21 Å². The van der Waals surface area contributed by atoms with Crippen molar-refractivity contribution in [3.05, 3.63) is 11.9 Å². The molecule has 1 aliphatic rings. The molecule has 1 saturated carbocycles. The predicted octanol–water partition coefficient (Wildman–Crippen LogP) is 1.18. The van der Waals surface area contributed by atoms with Crippen molar-refractivity contribution < 1.29 is 0 Å². The van der Waals surface area contributed by atoms with E-state index >= 15 is 0 Å². The van der Waals surface area contributed by atoms with Gasteiger partial charge in [0.15, 0.2) is 0 Å². The Morgan fingerprint density at radius 2 is 2.50 bits per heavy atom. The molecule has 0 radical (unpaired) electrons. The van der Waals surface area contributed by atoms with Gasteiger partial charge in [-0.05, 0) is 19.8 Å². The molecule has 1 aromatic heterocycles. The maximum absolute atomic E-state index is 3.96. The van der Waals surface area contributed by atoms with Gasteiger partial charge >= 0.3 is 0 Å². The van der Waals surface area contributed by atoms with Gasteiger partial charge in [0.1, 0.15) is 0 Å². The fourth-order valence-electron chi connectivity index (χ4n) is 1.21. The highest BCUT2D eigenvalue weighted by atomic mass is 15.4. The molecule has 2 rings (SSSR count). The van der Waals surface area contributed by atoms with Crippen LogP contribution in [0, 0.1) is 0 Å². The molecular weight excluding hydrogens is 126 g/mol. The second-order valence-electron chi connectivity index (χ2n) is 2.75. The van der Waals surface area contributed by atoms with Crippen molar-refractivity contribution in [1.82, 2.24) is 15.0 Å². The van der Waals surface area contributed by atoms with Crippen LogP contribution in [0.2, 0.25) is 0 Å². The Bertz CT molecular complexity index is 225. The van der Waals surface area contributed by atoms with Crippen molar-refractivity contribution >= 4 is 0 Å². The van der Waals surface area contributed by atoms with Crippen molar-refractivity contribution in [2.75, 3.05) is 0 Å². The first-order valence-corrected chi connectivity index (χ1v) is 3.80. The number of aryl methyl sites for hydroxylation is 1. The van der Waals surface area contributed by atoms with Crippen molar-refractivity contribution in [2.45, 2.75) is 32.2 Å². The largest absolute Gasteiger partial charge is 0.249 e. The van der Waals surface area contributed by atoms with Crippen LogP contribution < -0.4 is 0 Å². The molecule has 1 aliphatic carbocycles. The fraction of sp³-hybridized carbons (Fsp3) is 0.714. The van der Waals surface area contributed by atoms with Gasteiger partial charge in [-0.25, -0.2) is 4.68 Å². The van der Waals surface area contributed by atoms with Crippen molar-refractivity contribution in [2.24, 2.45) is 0 Å². The highest BCUT2D eigenvalue weighted by Gasteiger charge is 2.26. The molecule has 0 spiro atoms. The summed E-state index contributed by atoms with van der Waals surface area (Å²) in [6.45, 7) is 3.05. The highest BCUT2D eigenvalue weighted by molar-refractivity contribution is 5.10. The van der Waals surface area contributed by atoms with E-state index in [1.54, 1.807) is 0 Å². The van der Waals surface area contributed by atoms with Crippen molar-refractivity contribution in [3.8, 4) is 0 Å². The van der Waals surface area contributed by atoms with E-state index in [1.807, 2.05) is 10.9 Å². The van der Waals surface area contributed by atoms with Crippen LogP contribution in [0.5, 0.6) is 0 Å². The number of aromatic nitrogens is 3. The Balaban J connectivity index is 2.28. The quantitative estimate of drug-likeness (QED) is 0.612. The number of rotatable bonds is 2. The Morgan fingerprint density at radius 1 is 1.70 bits per heavy atom. The van der Waals surface area contributed by atoms with E-state index < -0.39 is 0 Å². The maximum Gasteiger partial charge on any atom is 0.0728 e. The summed E-state index contributed by atoms with van der Waals surface area (Å²) in [5, 5.41) is 7.83. The molecule has 54 valence electrons. The van der Waals surface area contributed by atoms with Crippen LogP contribution in [0.25, 0.3) is 0 Å². The lowest BCUT2D eigenvalue weighted by atomic mass is 10.3. The Kier molecular flexibility index (Phi) is 1.22. The Morgan fingerprint density at radius 3 is 3.10 bits per heavy atom. The minimum Gasteiger partial charge on any atom is -0.249 e. The van der Waals surface area contributed by atoms with E-state index in [0.29, 0.717) is 0 Å². The second kappa shape index (κ2) is 2.08. The third-order valence-electron chi connectivity index (χ3n) is 1.94. The summed E-state index contributed by atoms with van der Waals surface area (Å²) in [7, 11) is 0. The molecule has 0 aliphatic heterocycles. The summed E-state index contributed by atoms with van der Waals surface area (Å²) >= 11 is 0. The van der Waals surface area contributed by atoms with Crippen molar-refractivity contribution in [1.29, 1.82) is 0 Å². The van der Waals surface area contributed by atoms with E-state index in [2.05, 4.69) is 17.2 Å².